The highest BCUT2D eigenvalue weighted by atomic mass is 32.2. The van der Waals surface area contributed by atoms with Gasteiger partial charge in [0.25, 0.3) is 10.0 Å². The van der Waals surface area contributed by atoms with Crippen LogP contribution in [0.3, 0.4) is 0 Å². The Bertz CT molecular complexity index is 1260. The number of amides is 1. The molecule has 1 saturated heterocycles. The van der Waals surface area contributed by atoms with Crippen molar-refractivity contribution < 1.29 is 27.1 Å². The number of hydrogen-bond donors (Lipinski definition) is 0. The molecule has 0 radical (unpaired) electrons. The molecule has 1 aromatic carbocycles. The first kappa shape index (κ1) is 31.6. The Hall–Kier alpha value is -2.88. The summed E-state index contributed by atoms with van der Waals surface area (Å²) < 4.78 is 54.9. The number of carbonyl (C=O) groups excluding carboxylic acids is 1. The van der Waals surface area contributed by atoms with E-state index in [0.717, 1.165) is 11.1 Å². The zero-order valence-electron chi connectivity index (χ0n) is 25.0. The molecule has 1 aliphatic heterocycles. The van der Waals surface area contributed by atoms with E-state index in [9.17, 15) is 17.6 Å². The molecule has 222 valence electrons. The number of pyridine rings is 1. The van der Waals surface area contributed by atoms with Gasteiger partial charge in [-0.3, -0.25) is 0 Å². The lowest BCUT2D eigenvalue weighted by Gasteiger charge is -2.35. The fraction of sp³-hybridized carbons (Fsp3) is 0.600. The SMILES string of the molecule is Cc1cc(C(C)C)cnc1N(CC(C)C)S(=O)(=O)c1ccc(OCC2CCN(C(=O)OC(C)(C)C)CC2F)cc1. The number of nitrogens with zero attached hydrogens (tertiary/aromatic N) is 3. The van der Waals surface area contributed by atoms with Gasteiger partial charge < -0.3 is 14.4 Å². The van der Waals surface area contributed by atoms with Crippen molar-refractivity contribution in [1.82, 2.24) is 9.88 Å². The molecule has 2 unspecified atom stereocenters. The number of aryl methyl sites for hydroxylation is 1. The van der Waals surface area contributed by atoms with Crippen LogP contribution < -0.4 is 9.04 Å². The van der Waals surface area contributed by atoms with Crippen molar-refractivity contribution in [3.8, 4) is 5.75 Å². The van der Waals surface area contributed by atoms with Gasteiger partial charge in [-0.15, -0.1) is 0 Å². The molecule has 2 aromatic rings. The number of anilines is 1. The first-order chi connectivity index (χ1) is 18.6. The van der Waals surface area contributed by atoms with E-state index in [4.69, 9.17) is 9.47 Å². The minimum absolute atomic E-state index is 0.0442. The first-order valence-electron chi connectivity index (χ1n) is 13.9. The predicted molar refractivity (Wildman–Crippen MR) is 155 cm³/mol. The van der Waals surface area contributed by atoms with E-state index >= 15 is 0 Å². The summed E-state index contributed by atoms with van der Waals surface area (Å²) in [6.45, 7) is 16.0. The van der Waals surface area contributed by atoms with Crippen molar-refractivity contribution >= 4 is 21.9 Å². The Morgan fingerprint density at radius 1 is 1.18 bits per heavy atom. The second kappa shape index (κ2) is 12.7. The second-order valence-corrected chi connectivity index (χ2v) is 14.1. The van der Waals surface area contributed by atoms with Gasteiger partial charge in [0.05, 0.1) is 18.0 Å². The average Bonchev–Trinajstić information content (AvgIpc) is 2.85. The van der Waals surface area contributed by atoms with E-state index < -0.39 is 27.9 Å². The quantitative estimate of drug-likeness (QED) is 0.346. The number of hydrogen-bond acceptors (Lipinski definition) is 6. The number of likely N-dealkylation sites (tertiary alicyclic amines) is 1. The van der Waals surface area contributed by atoms with Crippen LogP contribution in [0.4, 0.5) is 15.0 Å². The Labute approximate surface area is 238 Å². The van der Waals surface area contributed by atoms with E-state index in [1.165, 1.54) is 21.3 Å². The van der Waals surface area contributed by atoms with Gasteiger partial charge in [0, 0.05) is 25.2 Å². The van der Waals surface area contributed by atoms with E-state index in [1.54, 1.807) is 39.1 Å². The lowest BCUT2D eigenvalue weighted by Crippen LogP contribution is -2.48. The lowest BCUT2D eigenvalue weighted by atomic mass is 9.96. The van der Waals surface area contributed by atoms with Crippen LogP contribution in [0.25, 0.3) is 0 Å². The van der Waals surface area contributed by atoms with Crippen LogP contribution >= 0.6 is 0 Å². The summed E-state index contributed by atoms with van der Waals surface area (Å²) in [6.07, 6.45) is 0.421. The van der Waals surface area contributed by atoms with Crippen molar-refractivity contribution in [3.05, 3.63) is 47.7 Å². The second-order valence-electron chi connectivity index (χ2n) is 12.3. The smallest absolute Gasteiger partial charge is 0.410 e. The van der Waals surface area contributed by atoms with Crippen LogP contribution in [0.5, 0.6) is 5.75 Å². The normalized spacial score (nSPS) is 18.2. The molecule has 1 aliphatic rings. The highest BCUT2D eigenvalue weighted by Crippen LogP contribution is 2.30. The summed E-state index contributed by atoms with van der Waals surface area (Å²) in [5.74, 6) is 0.857. The number of piperidine rings is 1. The van der Waals surface area contributed by atoms with Gasteiger partial charge in [-0.2, -0.15) is 0 Å². The monoisotopic (exact) mass is 577 g/mol. The number of benzene rings is 1. The van der Waals surface area contributed by atoms with Crippen LogP contribution in [-0.4, -0.2) is 62.4 Å². The minimum atomic E-state index is -3.89. The highest BCUT2D eigenvalue weighted by molar-refractivity contribution is 7.92. The molecular weight excluding hydrogens is 533 g/mol. The summed E-state index contributed by atoms with van der Waals surface area (Å²) in [4.78, 5) is 18.3. The average molecular weight is 578 g/mol. The van der Waals surface area contributed by atoms with Gasteiger partial charge in [-0.05, 0) is 81.3 Å². The zero-order chi connectivity index (χ0) is 29.8. The predicted octanol–water partition coefficient (Wildman–Crippen LogP) is 6.34. The third kappa shape index (κ3) is 8.08. The standard InChI is InChI=1S/C30H44FN3O5S/c1-20(2)17-34(28-22(5)15-24(16-32-28)21(3)4)40(36,37)26-11-9-25(10-12-26)38-19-23-13-14-33(18-27(23)31)29(35)39-30(6,7)8/h9-12,15-16,20-21,23,27H,13-14,17-19H2,1-8H3. The molecule has 2 heterocycles. The number of alkyl halides is 1. The molecule has 0 N–H and O–H groups in total. The third-order valence-corrected chi connectivity index (χ3v) is 8.48. The van der Waals surface area contributed by atoms with Crippen LogP contribution in [0.1, 0.15) is 71.9 Å². The summed E-state index contributed by atoms with van der Waals surface area (Å²) in [5, 5.41) is 0. The first-order valence-corrected chi connectivity index (χ1v) is 15.4. The van der Waals surface area contributed by atoms with Crippen LogP contribution in [0.2, 0.25) is 0 Å². The molecule has 10 heteroatoms. The molecule has 1 fully saturated rings. The molecule has 1 amide bonds. The fourth-order valence-electron chi connectivity index (χ4n) is 4.47. The molecule has 0 spiro atoms. The van der Waals surface area contributed by atoms with E-state index in [-0.39, 0.29) is 42.3 Å². The fourth-order valence-corrected chi connectivity index (χ4v) is 6.12. The van der Waals surface area contributed by atoms with Gasteiger partial charge in [0.2, 0.25) is 0 Å². The maximum Gasteiger partial charge on any atom is 0.410 e. The van der Waals surface area contributed by atoms with Crippen molar-refractivity contribution in [3.63, 3.8) is 0 Å². The minimum Gasteiger partial charge on any atom is -0.493 e. The van der Waals surface area contributed by atoms with Gasteiger partial charge >= 0.3 is 6.09 Å². The van der Waals surface area contributed by atoms with Gasteiger partial charge in [0.1, 0.15) is 23.3 Å². The van der Waals surface area contributed by atoms with Gasteiger partial charge in [-0.1, -0.05) is 33.8 Å². The molecule has 0 bridgehead atoms. The molecule has 1 aromatic heterocycles. The summed E-state index contributed by atoms with van der Waals surface area (Å²) in [5.41, 5.74) is 1.21. The van der Waals surface area contributed by atoms with Gasteiger partial charge in [-0.25, -0.2) is 26.9 Å². The van der Waals surface area contributed by atoms with Crippen LogP contribution in [-0.2, 0) is 14.8 Å². The number of sulfonamides is 1. The Morgan fingerprint density at radius 2 is 1.82 bits per heavy atom. The van der Waals surface area contributed by atoms with E-state index in [0.29, 0.717) is 24.5 Å². The number of ether oxygens (including phenoxy) is 2. The maximum atomic E-state index is 14.9. The largest absolute Gasteiger partial charge is 0.493 e. The Balaban J connectivity index is 1.68. The molecule has 3 rings (SSSR count). The molecular formula is C30H44FN3O5S. The number of rotatable bonds is 9. The number of halogens is 1. The third-order valence-electron chi connectivity index (χ3n) is 6.71. The molecule has 40 heavy (non-hydrogen) atoms. The zero-order valence-corrected chi connectivity index (χ0v) is 25.8. The Morgan fingerprint density at radius 3 is 2.35 bits per heavy atom. The van der Waals surface area contributed by atoms with Gasteiger partial charge in [0.15, 0.2) is 0 Å². The lowest BCUT2D eigenvalue weighted by molar-refractivity contribution is 0.000402. The molecule has 0 aliphatic carbocycles. The van der Waals surface area contributed by atoms with Crippen LogP contribution in [0, 0.1) is 18.8 Å². The summed E-state index contributed by atoms with van der Waals surface area (Å²) in [7, 11) is -3.89. The van der Waals surface area contributed by atoms with E-state index in [2.05, 4.69) is 18.8 Å². The molecule has 2 atom stereocenters. The van der Waals surface area contributed by atoms with Crippen molar-refractivity contribution in [2.75, 3.05) is 30.5 Å². The highest BCUT2D eigenvalue weighted by Gasteiger charge is 2.34. The molecule has 8 nitrogen and oxygen atoms in total. The topological polar surface area (TPSA) is 89.0 Å². The molecule has 0 saturated carbocycles. The number of carbonyl (C=O) groups is 1. The van der Waals surface area contributed by atoms with E-state index in [1.807, 2.05) is 26.8 Å². The number of aromatic nitrogens is 1. The van der Waals surface area contributed by atoms with Crippen molar-refractivity contribution in [1.29, 1.82) is 0 Å². The summed E-state index contributed by atoms with van der Waals surface area (Å²) in [6, 6.07) is 8.18. The summed E-state index contributed by atoms with van der Waals surface area (Å²) >= 11 is 0. The van der Waals surface area contributed by atoms with Crippen molar-refractivity contribution in [2.45, 2.75) is 84.4 Å². The van der Waals surface area contributed by atoms with Crippen molar-refractivity contribution in [2.24, 2.45) is 11.8 Å². The van der Waals surface area contributed by atoms with Crippen LogP contribution in [0.15, 0.2) is 41.4 Å². The maximum absolute atomic E-state index is 14.9. The Kier molecular flexibility index (Phi) is 10.1.